The van der Waals surface area contributed by atoms with E-state index in [0.29, 0.717) is 111 Å². The third-order valence-corrected chi connectivity index (χ3v) is 17.5. The fourth-order valence-corrected chi connectivity index (χ4v) is 12.5. The van der Waals surface area contributed by atoms with Crippen LogP contribution in [0.15, 0.2) is 285 Å². The molecule has 0 saturated carbocycles. The first-order valence-corrected chi connectivity index (χ1v) is 32.1. The van der Waals surface area contributed by atoms with Crippen molar-refractivity contribution in [3.63, 3.8) is 0 Å². The number of hydrogen-bond donors (Lipinski definition) is 0. The zero-order valence-corrected chi connectivity index (χ0v) is 53.4. The van der Waals surface area contributed by atoms with Crippen LogP contribution < -0.4 is 0 Å². The number of ether oxygens (including phenoxy) is 4. The van der Waals surface area contributed by atoms with E-state index in [2.05, 4.69) is 12.1 Å². The second kappa shape index (κ2) is 27.4. The van der Waals surface area contributed by atoms with E-state index in [1.165, 1.54) is 0 Å². The Kier molecular flexibility index (Phi) is 17.1. The molecule has 15 rings (SSSR count). The van der Waals surface area contributed by atoms with Crippen LogP contribution in [0.2, 0.25) is 0 Å². The van der Waals surface area contributed by atoms with Crippen LogP contribution in [0.25, 0.3) is 100 Å². The van der Waals surface area contributed by atoms with Gasteiger partial charge in [0.25, 0.3) is 0 Å². The van der Waals surface area contributed by atoms with Crippen LogP contribution in [0.1, 0.15) is 74.8 Å². The van der Waals surface area contributed by atoms with Crippen LogP contribution in [-0.2, 0) is 45.4 Å². The van der Waals surface area contributed by atoms with Gasteiger partial charge in [0.05, 0.1) is 67.6 Å². The van der Waals surface area contributed by atoms with E-state index in [4.69, 9.17) is 33.9 Å². The number of hydrogen-bond acceptors (Lipinski definition) is 13. The first kappa shape index (κ1) is 62.2. The van der Waals surface area contributed by atoms with Crippen LogP contribution in [0.5, 0.6) is 0 Å². The Balaban J connectivity index is 0.889. The number of nitrogens with zero attached hydrogens (tertiary/aromatic N) is 7. The summed E-state index contributed by atoms with van der Waals surface area (Å²) in [4.78, 5) is 71.5. The summed E-state index contributed by atoms with van der Waals surface area (Å²) in [5, 5.41) is 24.4. The number of carbonyl (C=O) groups excluding carboxylic acids is 4. The second-order valence-corrected chi connectivity index (χ2v) is 23.7. The molecule has 0 atom stereocenters. The average Bonchev–Trinajstić information content (AvgIpc) is 1.60. The van der Waals surface area contributed by atoms with Gasteiger partial charge >= 0.3 is 23.9 Å². The number of aromatic nitrogens is 5. The number of carbonyl (C=O) groups is 4. The summed E-state index contributed by atoms with van der Waals surface area (Å²) in [5.74, 6) is -1.51. The van der Waals surface area contributed by atoms with E-state index < -0.39 is 23.9 Å². The van der Waals surface area contributed by atoms with Crippen molar-refractivity contribution >= 4 is 67.5 Å². The lowest BCUT2D eigenvalue weighted by atomic mass is 9.94. The Morgan fingerprint density at radius 2 is 0.620 bits per heavy atom. The maximum absolute atomic E-state index is 14.0. The summed E-state index contributed by atoms with van der Waals surface area (Å²) in [7, 11) is 0. The largest absolute Gasteiger partial charge is 0.457 e. The topological polar surface area (TPSA) is 201 Å². The average molecular weight is 1300 g/mol. The van der Waals surface area contributed by atoms with Crippen LogP contribution in [0.4, 0.5) is 0 Å². The first-order chi connectivity index (χ1) is 49.1. The molecule has 3 heterocycles. The van der Waals surface area contributed by atoms with E-state index in [1.807, 2.05) is 228 Å². The minimum absolute atomic E-state index is 0.0614. The first-order valence-electron chi connectivity index (χ1n) is 32.1. The maximum Gasteiger partial charge on any atom is 0.338 e. The van der Waals surface area contributed by atoms with Gasteiger partial charge in [-0.3, -0.25) is 0 Å². The van der Waals surface area contributed by atoms with Crippen LogP contribution in [0.3, 0.4) is 0 Å². The normalized spacial score (nSPS) is 11.1. The van der Waals surface area contributed by atoms with Gasteiger partial charge in [0.2, 0.25) is 0 Å². The second-order valence-electron chi connectivity index (χ2n) is 23.7. The van der Waals surface area contributed by atoms with Gasteiger partial charge in [-0.25, -0.2) is 34.1 Å². The highest BCUT2D eigenvalue weighted by atomic mass is 16.5. The van der Waals surface area contributed by atoms with E-state index in [9.17, 15) is 29.7 Å². The lowest BCUT2D eigenvalue weighted by Gasteiger charge is -2.17. The minimum atomic E-state index is -0.537. The highest BCUT2D eigenvalue weighted by Crippen LogP contribution is 2.41. The van der Waals surface area contributed by atoms with Crippen LogP contribution in [-0.4, -0.2) is 48.0 Å². The predicted molar refractivity (Wildman–Crippen MR) is 382 cm³/mol. The summed E-state index contributed by atoms with van der Waals surface area (Å²) >= 11 is 0. The number of benzene rings is 12. The molecule has 478 valence electrons. The molecule has 100 heavy (non-hydrogen) atoms. The molecule has 0 N–H and O–H groups in total. The molecule has 3 aromatic heterocycles. The Morgan fingerprint density at radius 3 is 1.01 bits per heavy atom. The molecule has 0 aliphatic heterocycles. The summed E-state index contributed by atoms with van der Waals surface area (Å²) in [6.07, 6.45) is 0. The highest BCUT2D eigenvalue weighted by Gasteiger charge is 2.25. The zero-order chi connectivity index (χ0) is 68.1. The van der Waals surface area contributed by atoms with Crippen molar-refractivity contribution in [1.29, 1.82) is 10.5 Å². The molecule has 0 aliphatic rings. The van der Waals surface area contributed by atoms with Gasteiger partial charge in [-0.2, -0.15) is 10.5 Å². The maximum atomic E-state index is 14.0. The van der Waals surface area contributed by atoms with Gasteiger partial charge in [0, 0.05) is 55.2 Å². The molecule has 0 aliphatic carbocycles. The van der Waals surface area contributed by atoms with Crippen molar-refractivity contribution in [3.05, 3.63) is 341 Å². The fraction of sp³-hybridized carbons (Fsp3) is 0.0471. The molecular weight excluding hydrogens is 1250 g/mol. The molecule has 0 saturated heterocycles. The summed E-state index contributed by atoms with van der Waals surface area (Å²) in [6, 6.07) is 91.6. The van der Waals surface area contributed by atoms with Crippen molar-refractivity contribution in [2.45, 2.75) is 26.4 Å². The van der Waals surface area contributed by atoms with E-state index >= 15 is 0 Å². The lowest BCUT2D eigenvalue weighted by molar-refractivity contribution is 0.0464. The molecule has 0 bridgehead atoms. The Hall–Kier alpha value is -13.9. The predicted octanol–water partition coefficient (Wildman–Crippen LogP) is 17.9. The van der Waals surface area contributed by atoms with Crippen molar-refractivity contribution < 1.29 is 38.1 Å². The molecule has 0 radical (unpaired) electrons. The van der Waals surface area contributed by atoms with Crippen LogP contribution in [0, 0.1) is 22.7 Å². The zero-order valence-electron chi connectivity index (χ0n) is 53.4. The molecule has 0 unspecified atom stereocenters. The van der Waals surface area contributed by atoms with E-state index in [1.54, 1.807) is 66.7 Å². The third-order valence-electron chi connectivity index (χ3n) is 17.5. The SMILES string of the molecule is N#Cc1ccc(-n2c3ccc(C(=O)OCc4ccccc4)cc3c3cc(C(=O)OCc4ccccc4)ccc32)cc1-c1nc(-c2ccccc2)nc(-c2cc(-n3c4ccc(C(=O)OCc5ccccc5)cc4c4cc(C(=O)OCc5ccccc5)ccc43)ccc2-c2ccccc2C#N)n1. The molecule has 15 aromatic rings. The Labute approximate surface area is 573 Å². The van der Waals surface area contributed by atoms with E-state index in [-0.39, 0.29) is 49.5 Å². The molecular formula is C85H55N7O8. The number of esters is 4. The molecule has 0 spiro atoms. The molecule has 12 aromatic carbocycles. The molecule has 15 nitrogen and oxygen atoms in total. The summed E-state index contributed by atoms with van der Waals surface area (Å²) in [5.41, 5.74) is 11.7. The van der Waals surface area contributed by atoms with Gasteiger partial charge in [-0.15, -0.1) is 0 Å². The number of nitriles is 2. The Morgan fingerprint density at radius 1 is 0.300 bits per heavy atom. The van der Waals surface area contributed by atoms with Crippen molar-refractivity contribution in [2.75, 3.05) is 0 Å². The smallest absolute Gasteiger partial charge is 0.338 e. The van der Waals surface area contributed by atoms with Crippen molar-refractivity contribution in [2.24, 2.45) is 0 Å². The molecule has 15 heteroatoms. The summed E-state index contributed by atoms with van der Waals surface area (Å²) < 4.78 is 27.4. The highest BCUT2D eigenvalue weighted by molar-refractivity contribution is 6.14. The van der Waals surface area contributed by atoms with E-state index in [0.717, 1.165) is 22.3 Å². The standard InChI is InChI=1S/C85H55N7O8/c86-48-63-28-16-17-29-67(63)68-37-36-66(92-77-40-33-61(84(95)99-52-56-22-10-3-11-23-56)44-72(77)73-45-62(34-41-78(73)92)85(96)100-53-57-24-12-4-13-25-57)47-74(68)81-89-79(58-26-14-5-15-27-58)88-80(90-81)69-46-65(35-30-64(69)49-87)91-75-38-31-59(82(93)97-50-54-18-6-1-7-19-54)42-70(75)71-43-60(32-39-76(71)91)83(94)98-51-55-20-8-2-9-21-55/h1-47H,50-53H2. The van der Waals surface area contributed by atoms with Crippen LogP contribution >= 0.6 is 0 Å². The Bertz CT molecular complexity index is 5560. The quantitative estimate of drug-likeness (QED) is 0.0581. The van der Waals surface area contributed by atoms with Gasteiger partial charge in [0.1, 0.15) is 26.4 Å². The van der Waals surface area contributed by atoms with Crippen molar-refractivity contribution in [3.8, 4) is 68.8 Å². The number of rotatable bonds is 18. The lowest BCUT2D eigenvalue weighted by Crippen LogP contribution is -2.05. The fourth-order valence-electron chi connectivity index (χ4n) is 12.5. The summed E-state index contributed by atoms with van der Waals surface area (Å²) in [6.45, 7) is 0.247. The van der Waals surface area contributed by atoms with Crippen molar-refractivity contribution in [1.82, 2.24) is 24.1 Å². The van der Waals surface area contributed by atoms with Gasteiger partial charge in [-0.1, -0.05) is 176 Å². The third kappa shape index (κ3) is 12.6. The van der Waals surface area contributed by atoms with Gasteiger partial charge in [-0.05, 0) is 137 Å². The van der Waals surface area contributed by atoms with Gasteiger partial charge in [0.15, 0.2) is 17.5 Å². The van der Waals surface area contributed by atoms with Gasteiger partial charge < -0.3 is 28.1 Å². The monoisotopic (exact) mass is 1300 g/mol. The minimum Gasteiger partial charge on any atom is -0.457 e. The number of fused-ring (bicyclic) bond motifs is 6. The molecule has 0 fully saturated rings. The molecule has 0 amide bonds.